The first-order chi connectivity index (χ1) is 7.97. The lowest BCUT2D eigenvalue weighted by molar-refractivity contribution is -0.123. The second-order valence-corrected chi connectivity index (χ2v) is 5.70. The molecule has 1 atom stereocenters. The van der Waals surface area contributed by atoms with Crippen molar-refractivity contribution in [3.63, 3.8) is 0 Å². The highest BCUT2D eigenvalue weighted by molar-refractivity contribution is 5.77. The van der Waals surface area contributed by atoms with Gasteiger partial charge in [-0.2, -0.15) is 0 Å². The third kappa shape index (κ3) is 4.64. The van der Waals surface area contributed by atoms with Gasteiger partial charge in [0.1, 0.15) is 0 Å². The molecule has 4 heteroatoms. The Morgan fingerprint density at radius 3 is 2.41 bits per heavy atom. The van der Waals surface area contributed by atoms with Crippen LogP contribution in [0.2, 0.25) is 0 Å². The summed E-state index contributed by atoms with van der Waals surface area (Å²) in [5.41, 5.74) is 5.91. The first-order valence-electron chi connectivity index (χ1n) is 6.66. The zero-order valence-electron chi connectivity index (χ0n) is 11.0. The van der Waals surface area contributed by atoms with Gasteiger partial charge in [-0.3, -0.25) is 4.79 Å². The van der Waals surface area contributed by atoms with Crippen molar-refractivity contribution in [3.05, 3.63) is 0 Å². The van der Waals surface area contributed by atoms with Gasteiger partial charge in [0, 0.05) is 12.0 Å². The fourth-order valence-electron chi connectivity index (χ4n) is 2.43. The second-order valence-electron chi connectivity index (χ2n) is 5.70. The molecule has 0 spiro atoms. The molecular weight excluding hydrogens is 216 g/mol. The van der Waals surface area contributed by atoms with Crippen molar-refractivity contribution in [3.8, 4) is 0 Å². The number of nitrogens with two attached hydrogens (primary N) is 1. The van der Waals surface area contributed by atoms with Gasteiger partial charge in [0.2, 0.25) is 5.91 Å². The average molecular weight is 242 g/mol. The van der Waals surface area contributed by atoms with Gasteiger partial charge >= 0.3 is 0 Å². The van der Waals surface area contributed by atoms with Gasteiger partial charge in [0.25, 0.3) is 0 Å². The topological polar surface area (TPSA) is 75.3 Å². The van der Waals surface area contributed by atoms with Gasteiger partial charge in [-0.25, -0.2) is 0 Å². The predicted octanol–water partition coefficient (Wildman–Crippen LogP) is 1.17. The maximum Gasteiger partial charge on any atom is 0.222 e. The summed E-state index contributed by atoms with van der Waals surface area (Å²) in [7, 11) is 0. The molecule has 0 aromatic heterocycles. The number of aliphatic hydroxyl groups excluding tert-OH is 1. The summed E-state index contributed by atoms with van der Waals surface area (Å²) < 4.78 is 0. The van der Waals surface area contributed by atoms with Crippen LogP contribution in [-0.2, 0) is 4.79 Å². The van der Waals surface area contributed by atoms with Gasteiger partial charge in [-0.05, 0) is 18.8 Å². The summed E-state index contributed by atoms with van der Waals surface area (Å²) in [5, 5.41) is 12.0. The maximum atomic E-state index is 11.9. The van der Waals surface area contributed by atoms with E-state index in [1.54, 1.807) is 0 Å². The summed E-state index contributed by atoms with van der Waals surface area (Å²) in [6, 6.07) is -0.158. The minimum Gasteiger partial charge on any atom is -0.394 e. The Balaban J connectivity index is 2.42. The van der Waals surface area contributed by atoms with Crippen LogP contribution in [0.15, 0.2) is 0 Å². The van der Waals surface area contributed by atoms with E-state index in [1.165, 1.54) is 6.42 Å². The summed E-state index contributed by atoms with van der Waals surface area (Å²) in [5.74, 6) is 0.214. The Morgan fingerprint density at radius 2 is 1.94 bits per heavy atom. The molecule has 4 N–H and O–H groups in total. The Bertz CT molecular complexity index is 248. The SMILES string of the molecule is CC(C)[C@@H](CO)NC(=O)CC1(N)CCCCC1. The van der Waals surface area contributed by atoms with Crippen LogP contribution in [0.5, 0.6) is 0 Å². The van der Waals surface area contributed by atoms with E-state index in [4.69, 9.17) is 10.8 Å². The van der Waals surface area contributed by atoms with E-state index in [9.17, 15) is 4.79 Å². The van der Waals surface area contributed by atoms with Crippen molar-refractivity contribution < 1.29 is 9.90 Å². The average Bonchev–Trinajstić information content (AvgIpc) is 2.25. The van der Waals surface area contributed by atoms with Gasteiger partial charge < -0.3 is 16.2 Å². The van der Waals surface area contributed by atoms with E-state index in [0.717, 1.165) is 25.7 Å². The summed E-state index contributed by atoms with van der Waals surface area (Å²) in [6.45, 7) is 3.96. The number of aliphatic hydroxyl groups is 1. The molecule has 4 nitrogen and oxygen atoms in total. The third-order valence-electron chi connectivity index (χ3n) is 3.71. The van der Waals surface area contributed by atoms with Crippen LogP contribution in [-0.4, -0.2) is 29.2 Å². The molecule has 0 heterocycles. The molecule has 1 fully saturated rings. The number of hydrogen-bond acceptors (Lipinski definition) is 3. The van der Waals surface area contributed by atoms with E-state index >= 15 is 0 Å². The number of carbonyl (C=O) groups excluding carboxylic acids is 1. The lowest BCUT2D eigenvalue weighted by Crippen LogP contribution is -2.49. The molecule has 1 rings (SSSR count). The van der Waals surface area contributed by atoms with Crippen molar-refractivity contribution in [2.24, 2.45) is 11.7 Å². The molecule has 1 amide bonds. The van der Waals surface area contributed by atoms with Crippen molar-refractivity contribution in [2.75, 3.05) is 6.61 Å². The highest BCUT2D eigenvalue weighted by Gasteiger charge is 2.30. The quantitative estimate of drug-likeness (QED) is 0.677. The van der Waals surface area contributed by atoms with Crippen LogP contribution in [0.25, 0.3) is 0 Å². The summed E-state index contributed by atoms with van der Waals surface area (Å²) in [6.07, 6.45) is 5.73. The number of rotatable bonds is 5. The van der Waals surface area contributed by atoms with Crippen molar-refractivity contribution in [1.29, 1.82) is 0 Å². The number of nitrogens with one attached hydrogen (secondary N) is 1. The molecule has 0 aliphatic heterocycles. The predicted molar refractivity (Wildman–Crippen MR) is 68.5 cm³/mol. The Labute approximate surface area is 104 Å². The molecule has 1 saturated carbocycles. The van der Waals surface area contributed by atoms with Gasteiger partial charge in [0.05, 0.1) is 12.6 Å². The van der Waals surface area contributed by atoms with E-state index in [-0.39, 0.29) is 30.0 Å². The zero-order chi connectivity index (χ0) is 12.9. The minimum atomic E-state index is -0.320. The van der Waals surface area contributed by atoms with E-state index < -0.39 is 0 Å². The maximum absolute atomic E-state index is 11.9. The van der Waals surface area contributed by atoms with Crippen molar-refractivity contribution >= 4 is 5.91 Å². The van der Waals surface area contributed by atoms with Crippen molar-refractivity contribution in [1.82, 2.24) is 5.32 Å². The molecule has 0 radical (unpaired) electrons. The number of hydrogen-bond donors (Lipinski definition) is 3. The highest BCUT2D eigenvalue weighted by atomic mass is 16.3. The Hall–Kier alpha value is -0.610. The fourth-order valence-corrected chi connectivity index (χ4v) is 2.43. The molecule has 17 heavy (non-hydrogen) atoms. The molecule has 0 aromatic carbocycles. The molecule has 100 valence electrons. The van der Waals surface area contributed by atoms with E-state index in [1.807, 2.05) is 13.8 Å². The Morgan fingerprint density at radius 1 is 1.35 bits per heavy atom. The molecule has 1 aliphatic carbocycles. The van der Waals surface area contributed by atoms with Gasteiger partial charge in [-0.1, -0.05) is 33.1 Å². The first-order valence-corrected chi connectivity index (χ1v) is 6.66. The normalized spacial score (nSPS) is 21.2. The summed E-state index contributed by atoms with van der Waals surface area (Å²) >= 11 is 0. The Kier molecular flexibility index (Phi) is 5.40. The molecule has 0 saturated heterocycles. The molecule has 0 bridgehead atoms. The van der Waals surface area contributed by atoms with Crippen LogP contribution in [0.1, 0.15) is 52.4 Å². The third-order valence-corrected chi connectivity index (χ3v) is 3.71. The van der Waals surface area contributed by atoms with E-state index in [0.29, 0.717) is 6.42 Å². The summed E-state index contributed by atoms with van der Waals surface area (Å²) in [4.78, 5) is 11.9. The van der Waals surface area contributed by atoms with Crippen molar-refractivity contribution in [2.45, 2.75) is 64.0 Å². The van der Waals surface area contributed by atoms with Crippen LogP contribution < -0.4 is 11.1 Å². The monoisotopic (exact) mass is 242 g/mol. The standard InChI is InChI=1S/C13H26N2O2/c1-10(2)11(9-16)15-12(17)8-13(14)6-4-3-5-7-13/h10-11,16H,3-9,14H2,1-2H3,(H,15,17)/t11-/m1/s1. The molecule has 0 unspecified atom stereocenters. The largest absolute Gasteiger partial charge is 0.394 e. The lowest BCUT2D eigenvalue weighted by Gasteiger charge is -2.33. The zero-order valence-corrected chi connectivity index (χ0v) is 11.0. The van der Waals surface area contributed by atoms with Crippen LogP contribution >= 0.6 is 0 Å². The van der Waals surface area contributed by atoms with Crippen LogP contribution in [0, 0.1) is 5.92 Å². The lowest BCUT2D eigenvalue weighted by atomic mass is 9.80. The van der Waals surface area contributed by atoms with Gasteiger partial charge in [-0.15, -0.1) is 0 Å². The number of amides is 1. The molecular formula is C13H26N2O2. The second kappa shape index (κ2) is 6.36. The molecule has 0 aromatic rings. The van der Waals surface area contributed by atoms with Gasteiger partial charge in [0.15, 0.2) is 0 Å². The smallest absolute Gasteiger partial charge is 0.222 e. The first kappa shape index (κ1) is 14.5. The minimum absolute atomic E-state index is 0.0129. The van der Waals surface area contributed by atoms with E-state index in [2.05, 4.69) is 5.32 Å². The highest BCUT2D eigenvalue weighted by Crippen LogP contribution is 2.28. The fraction of sp³-hybridized carbons (Fsp3) is 0.923. The van der Waals surface area contributed by atoms with Crippen LogP contribution in [0.4, 0.5) is 0 Å². The number of carbonyl (C=O) groups is 1. The van der Waals surface area contributed by atoms with Crippen LogP contribution in [0.3, 0.4) is 0 Å². The molecule has 1 aliphatic rings.